The summed E-state index contributed by atoms with van der Waals surface area (Å²) in [4.78, 5) is 16.2. The standard InChI is InChI=1S/C69H39N5OS2/c1-2-14-44(15-3-1)73-58-34-30-40(36-54(58)48-32-28-42(38-59(48)73)45-20-12-21-52-50-19-7-11-27-63(50)77-66(45)52)41-31-35-60-55(37-41)65-53(22-13-25-61(65)75-60)68-70-67(43-29-33-51-49-18-6-10-26-62(49)76-64(51)39-43)71-69(72-68)74-56-23-8-4-16-46(56)47-17-5-9-24-57(47)74/h1-39H. The van der Waals surface area contributed by atoms with Crippen molar-refractivity contribution in [2.75, 3.05) is 0 Å². The van der Waals surface area contributed by atoms with Crippen LogP contribution in [-0.4, -0.2) is 24.1 Å². The van der Waals surface area contributed by atoms with Crippen LogP contribution in [0.3, 0.4) is 0 Å². The molecule has 0 bridgehead atoms. The van der Waals surface area contributed by atoms with Crippen molar-refractivity contribution in [2.24, 2.45) is 0 Å². The molecule has 0 saturated heterocycles. The Balaban J connectivity index is 0.845. The van der Waals surface area contributed by atoms with Gasteiger partial charge < -0.3 is 8.98 Å². The molecule has 6 heterocycles. The van der Waals surface area contributed by atoms with Gasteiger partial charge in [-0.15, -0.1) is 22.7 Å². The van der Waals surface area contributed by atoms with E-state index in [2.05, 4.69) is 234 Å². The summed E-state index contributed by atoms with van der Waals surface area (Å²) in [7, 11) is 0. The van der Waals surface area contributed by atoms with Crippen molar-refractivity contribution in [2.45, 2.75) is 0 Å². The molecule has 0 amide bonds. The molecule has 8 heteroatoms. The van der Waals surface area contributed by atoms with E-state index in [0.29, 0.717) is 17.6 Å². The second-order valence-corrected chi connectivity index (χ2v) is 22.0. The molecule has 0 spiro atoms. The summed E-state index contributed by atoms with van der Waals surface area (Å²) in [5, 5.41) is 11.7. The van der Waals surface area contributed by atoms with E-state index in [4.69, 9.17) is 19.4 Å². The highest BCUT2D eigenvalue weighted by Crippen LogP contribution is 2.45. The van der Waals surface area contributed by atoms with Gasteiger partial charge in [0.25, 0.3) is 0 Å². The van der Waals surface area contributed by atoms with E-state index >= 15 is 0 Å². The van der Waals surface area contributed by atoms with Crippen molar-refractivity contribution < 1.29 is 4.42 Å². The molecule has 17 rings (SSSR count). The largest absolute Gasteiger partial charge is 0.456 e. The quantitative estimate of drug-likeness (QED) is 0.166. The Labute approximate surface area is 447 Å². The maximum atomic E-state index is 6.71. The Bertz CT molecular complexity index is 5260. The molecule has 0 aliphatic carbocycles. The number of fused-ring (bicyclic) bond motifs is 15. The number of hydrogen-bond donors (Lipinski definition) is 0. The molecular weight excluding hydrogens is 979 g/mol. The number of rotatable bonds is 6. The van der Waals surface area contributed by atoms with E-state index in [1.54, 1.807) is 11.3 Å². The van der Waals surface area contributed by atoms with Gasteiger partial charge in [-0.25, -0.2) is 4.98 Å². The van der Waals surface area contributed by atoms with Gasteiger partial charge in [-0.2, -0.15) is 9.97 Å². The molecule has 0 atom stereocenters. The first-order valence-corrected chi connectivity index (χ1v) is 27.5. The number of para-hydroxylation sites is 3. The molecule has 6 nitrogen and oxygen atoms in total. The number of furan rings is 1. The summed E-state index contributed by atoms with van der Waals surface area (Å²) in [5.74, 6) is 1.72. The van der Waals surface area contributed by atoms with Crippen LogP contribution in [-0.2, 0) is 0 Å². The van der Waals surface area contributed by atoms with E-state index < -0.39 is 0 Å². The molecule has 0 saturated carbocycles. The van der Waals surface area contributed by atoms with Crippen molar-refractivity contribution >= 4 is 129 Å². The van der Waals surface area contributed by atoms with E-state index in [9.17, 15) is 0 Å². The number of hydrogen-bond acceptors (Lipinski definition) is 6. The van der Waals surface area contributed by atoms with Gasteiger partial charge in [0.1, 0.15) is 11.2 Å². The van der Waals surface area contributed by atoms with Gasteiger partial charge in [-0.3, -0.25) is 4.57 Å². The molecular formula is C69H39N5OS2. The molecule has 11 aromatic carbocycles. The topological polar surface area (TPSA) is 61.7 Å². The Morgan fingerprint density at radius 3 is 1.71 bits per heavy atom. The lowest BCUT2D eigenvalue weighted by molar-refractivity contribution is 0.669. The first-order valence-electron chi connectivity index (χ1n) is 25.8. The number of aromatic nitrogens is 5. The van der Waals surface area contributed by atoms with Gasteiger partial charge in [-0.05, 0) is 101 Å². The van der Waals surface area contributed by atoms with Crippen molar-refractivity contribution in [1.29, 1.82) is 0 Å². The van der Waals surface area contributed by atoms with Crippen LogP contribution < -0.4 is 0 Å². The van der Waals surface area contributed by atoms with Gasteiger partial charge >= 0.3 is 0 Å². The van der Waals surface area contributed by atoms with Gasteiger partial charge in [0, 0.05) is 89.5 Å². The Morgan fingerprint density at radius 2 is 0.896 bits per heavy atom. The average Bonchev–Trinajstić information content (AvgIpc) is 4.41. The van der Waals surface area contributed by atoms with Gasteiger partial charge in [-0.1, -0.05) is 158 Å². The van der Waals surface area contributed by atoms with Crippen molar-refractivity contribution in [3.8, 4) is 56.7 Å². The van der Waals surface area contributed by atoms with E-state index in [1.807, 2.05) is 23.5 Å². The molecule has 6 aromatic heterocycles. The SMILES string of the molecule is c1ccc(-n2c3ccc(-c4ccc5oc6cccc(-c7nc(-c8ccc9c(c8)sc8ccccc89)nc(-n8c9ccccc9c9ccccc98)n7)c6c5c4)cc3c3ccc(-c4cccc5c4sc4ccccc45)cc32)cc1. The number of nitrogens with zero attached hydrogens (tertiary/aromatic N) is 5. The third kappa shape index (κ3) is 6.43. The third-order valence-corrected chi connectivity index (χ3v) is 18.0. The van der Waals surface area contributed by atoms with Crippen molar-refractivity contribution in [1.82, 2.24) is 24.1 Å². The zero-order valence-corrected chi connectivity index (χ0v) is 42.6. The summed E-state index contributed by atoms with van der Waals surface area (Å²) in [6, 6.07) is 85.0. The molecule has 0 radical (unpaired) electrons. The summed E-state index contributed by atoms with van der Waals surface area (Å²) in [5.41, 5.74) is 13.5. The summed E-state index contributed by atoms with van der Waals surface area (Å²) in [6.45, 7) is 0. The molecule has 0 aliphatic heterocycles. The van der Waals surface area contributed by atoms with Gasteiger partial charge in [0.05, 0.1) is 22.1 Å². The minimum atomic E-state index is 0.552. The molecule has 0 N–H and O–H groups in total. The molecule has 0 fully saturated rings. The zero-order valence-electron chi connectivity index (χ0n) is 41.0. The lowest BCUT2D eigenvalue weighted by atomic mass is 9.98. The predicted octanol–water partition coefficient (Wildman–Crippen LogP) is 19.4. The van der Waals surface area contributed by atoms with Crippen LogP contribution in [0, 0.1) is 0 Å². The molecule has 358 valence electrons. The van der Waals surface area contributed by atoms with Crippen LogP contribution in [0.2, 0.25) is 0 Å². The fourth-order valence-corrected chi connectivity index (χ4v) is 14.5. The normalized spacial score (nSPS) is 12.2. The van der Waals surface area contributed by atoms with Crippen LogP contribution in [0.5, 0.6) is 0 Å². The Morgan fingerprint density at radius 1 is 0.312 bits per heavy atom. The first-order chi connectivity index (χ1) is 38.1. The predicted molar refractivity (Wildman–Crippen MR) is 323 cm³/mol. The van der Waals surface area contributed by atoms with Crippen LogP contribution in [0.25, 0.3) is 163 Å². The Hall–Kier alpha value is -9.73. The minimum Gasteiger partial charge on any atom is -0.456 e. The van der Waals surface area contributed by atoms with Gasteiger partial charge in [0.2, 0.25) is 5.95 Å². The fraction of sp³-hybridized carbons (Fsp3) is 0. The second kappa shape index (κ2) is 16.4. The van der Waals surface area contributed by atoms with E-state index in [1.165, 1.54) is 67.8 Å². The second-order valence-electron chi connectivity index (χ2n) is 19.9. The third-order valence-electron chi connectivity index (χ3n) is 15.6. The van der Waals surface area contributed by atoms with Crippen LogP contribution in [0.1, 0.15) is 0 Å². The monoisotopic (exact) mass is 1020 g/mol. The van der Waals surface area contributed by atoms with Gasteiger partial charge in [0.15, 0.2) is 11.6 Å². The highest BCUT2D eigenvalue weighted by molar-refractivity contribution is 7.26. The van der Waals surface area contributed by atoms with Crippen LogP contribution in [0.4, 0.5) is 0 Å². The summed E-state index contributed by atoms with van der Waals surface area (Å²) in [6.07, 6.45) is 0. The summed E-state index contributed by atoms with van der Waals surface area (Å²) < 4.78 is 16.4. The summed E-state index contributed by atoms with van der Waals surface area (Å²) >= 11 is 3.66. The maximum Gasteiger partial charge on any atom is 0.238 e. The Kier molecular flexibility index (Phi) is 9.07. The smallest absolute Gasteiger partial charge is 0.238 e. The average molecular weight is 1020 g/mol. The molecule has 0 unspecified atom stereocenters. The van der Waals surface area contributed by atoms with Crippen molar-refractivity contribution in [3.63, 3.8) is 0 Å². The number of benzene rings is 11. The maximum absolute atomic E-state index is 6.71. The highest BCUT2D eigenvalue weighted by atomic mass is 32.1. The lowest BCUT2D eigenvalue weighted by Gasteiger charge is -2.11. The number of thiophene rings is 2. The fourth-order valence-electron chi connectivity index (χ4n) is 12.1. The molecule has 17 aromatic rings. The van der Waals surface area contributed by atoms with Crippen molar-refractivity contribution in [3.05, 3.63) is 237 Å². The minimum absolute atomic E-state index is 0.552. The lowest BCUT2D eigenvalue weighted by Crippen LogP contribution is -2.06. The van der Waals surface area contributed by atoms with Crippen LogP contribution >= 0.6 is 22.7 Å². The molecule has 77 heavy (non-hydrogen) atoms. The van der Waals surface area contributed by atoms with E-state index in [-0.39, 0.29) is 0 Å². The van der Waals surface area contributed by atoms with Crippen LogP contribution in [0.15, 0.2) is 241 Å². The highest BCUT2D eigenvalue weighted by Gasteiger charge is 2.23. The zero-order chi connectivity index (χ0) is 50.3. The van der Waals surface area contributed by atoms with E-state index in [0.717, 1.165) is 77.2 Å². The molecule has 0 aliphatic rings. The first kappa shape index (κ1) is 42.6.